The minimum absolute atomic E-state index is 0.169. The van der Waals surface area contributed by atoms with Gasteiger partial charge < -0.3 is 10.1 Å². The van der Waals surface area contributed by atoms with Crippen LogP contribution < -0.4 is 5.32 Å². The molecule has 0 saturated carbocycles. The lowest BCUT2D eigenvalue weighted by Crippen LogP contribution is -2.27. The van der Waals surface area contributed by atoms with E-state index in [1.165, 1.54) is 12.1 Å². The fourth-order valence-corrected chi connectivity index (χ4v) is 4.33. The van der Waals surface area contributed by atoms with Crippen LogP contribution in [0.1, 0.15) is 47.8 Å². The van der Waals surface area contributed by atoms with Crippen molar-refractivity contribution in [2.75, 3.05) is 10.6 Å². The predicted octanol–water partition coefficient (Wildman–Crippen LogP) is 6.88. The summed E-state index contributed by atoms with van der Waals surface area (Å²) in [5.74, 6) is -1.55. The number of rotatable bonds is 6. The molecule has 3 aromatic carbocycles. The van der Waals surface area contributed by atoms with Crippen LogP contribution in [0.15, 0.2) is 60.7 Å². The number of ether oxygens (including phenoxy) is 1. The summed E-state index contributed by atoms with van der Waals surface area (Å²) in [5, 5.41) is 8.45. The molecule has 0 atom stereocenters. The first-order chi connectivity index (χ1) is 17.5. The van der Waals surface area contributed by atoms with Gasteiger partial charge in [-0.2, -0.15) is 4.68 Å². The number of fused-ring (bicyclic) bond motifs is 1. The van der Waals surface area contributed by atoms with E-state index in [-0.39, 0.29) is 12.2 Å². The van der Waals surface area contributed by atoms with Gasteiger partial charge in [-0.15, -0.1) is 5.10 Å². The predicted molar refractivity (Wildman–Crippen MR) is 142 cm³/mol. The summed E-state index contributed by atoms with van der Waals surface area (Å²) in [6, 6.07) is 15.7. The van der Waals surface area contributed by atoms with Gasteiger partial charge in [-0.3, -0.25) is 4.79 Å². The maximum atomic E-state index is 13.7. The van der Waals surface area contributed by atoms with Crippen molar-refractivity contribution in [3.8, 4) is 0 Å². The van der Waals surface area contributed by atoms with E-state index in [0.717, 1.165) is 33.6 Å². The third-order valence-electron chi connectivity index (χ3n) is 5.47. The highest BCUT2D eigenvalue weighted by molar-refractivity contribution is 9.09. The maximum Gasteiger partial charge on any atom is 0.435 e. The Kier molecular flexibility index (Phi) is 7.73. The van der Waals surface area contributed by atoms with Crippen molar-refractivity contribution in [2.45, 2.75) is 39.2 Å². The first-order valence-corrected chi connectivity index (χ1v) is 12.8. The van der Waals surface area contributed by atoms with Crippen molar-refractivity contribution in [2.24, 2.45) is 0 Å². The van der Waals surface area contributed by atoms with E-state index in [1.807, 2.05) is 12.1 Å². The molecule has 9 heteroatoms. The third kappa shape index (κ3) is 6.60. The number of hydrogen-bond acceptors (Lipinski definition) is 4. The van der Waals surface area contributed by atoms with Crippen molar-refractivity contribution in [3.05, 3.63) is 94.6 Å². The Morgan fingerprint density at radius 2 is 1.59 bits per heavy atom. The molecule has 0 saturated heterocycles. The Balaban J connectivity index is 1.71. The van der Waals surface area contributed by atoms with Crippen LogP contribution in [0.2, 0.25) is 0 Å². The number of anilines is 1. The van der Waals surface area contributed by atoms with E-state index in [9.17, 15) is 18.4 Å². The first kappa shape index (κ1) is 26.5. The molecule has 0 spiro atoms. The van der Waals surface area contributed by atoms with E-state index in [4.69, 9.17) is 4.74 Å². The molecule has 0 fully saturated rings. The molecule has 0 unspecified atom stereocenters. The summed E-state index contributed by atoms with van der Waals surface area (Å²) in [6.45, 7) is 5.23. The third-order valence-corrected chi connectivity index (χ3v) is 5.87. The lowest BCUT2D eigenvalue weighted by Gasteiger charge is -2.19. The van der Waals surface area contributed by atoms with Crippen LogP contribution in [-0.2, 0) is 17.6 Å². The molecule has 1 N–H and O–H groups in total. The Morgan fingerprint density at radius 3 is 2.22 bits per heavy atom. The molecule has 4 aromatic rings. The van der Waals surface area contributed by atoms with Crippen molar-refractivity contribution in [1.29, 1.82) is 0 Å². The van der Waals surface area contributed by atoms with Gasteiger partial charge in [-0.05, 0) is 86.7 Å². The molecule has 1 amide bonds. The van der Waals surface area contributed by atoms with Gasteiger partial charge in [0.15, 0.2) is 5.82 Å². The van der Waals surface area contributed by atoms with Crippen LogP contribution in [0, 0.1) is 11.6 Å². The molecule has 1 aromatic heterocycles. The topological polar surface area (TPSA) is 73.2 Å². The van der Waals surface area contributed by atoms with Gasteiger partial charge in [0, 0.05) is 22.3 Å². The monoisotopic (exact) mass is 569 g/mol. The average molecular weight is 570 g/mol. The quantitative estimate of drug-likeness (QED) is 0.257. The molecule has 0 radical (unpaired) electrons. The highest BCUT2D eigenvalue weighted by atomic mass is 79.9. The summed E-state index contributed by atoms with van der Waals surface area (Å²) in [7, 11) is 0. The number of hydrogen-bond donors (Lipinski definition) is 1. The average Bonchev–Trinajstić information content (AvgIpc) is 3.16. The van der Waals surface area contributed by atoms with E-state index in [0.29, 0.717) is 22.0 Å². The number of nitrogens with one attached hydrogen (secondary N) is 1. The number of alkyl halides is 1. The van der Waals surface area contributed by atoms with Crippen LogP contribution >= 0.6 is 15.9 Å². The largest absolute Gasteiger partial charge is 0.442 e. The van der Waals surface area contributed by atoms with Gasteiger partial charge in [0.1, 0.15) is 17.2 Å². The Labute approximate surface area is 221 Å². The molecular weight excluding hydrogens is 544 g/mol. The van der Waals surface area contributed by atoms with Crippen LogP contribution in [0.3, 0.4) is 0 Å². The molecule has 1 heterocycles. The van der Waals surface area contributed by atoms with Crippen molar-refractivity contribution in [1.82, 2.24) is 9.78 Å². The lowest BCUT2D eigenvalue weighted by molar-refractivity contribution is 0.0522. The fourth-order valence-electron chi connectivity index (χ4n) is 3.87. The first-order valence-electron chi connectivity index (χ1n) is 11.7. The number of nitrogens with zero attached hydrogens (tertiary/aromatic N) is 2. The van der Waals surface area contributed by atoms with E-state index >= 15 is 0 Å². The van der Waals surface area contributed by atoms with Gasteiger partial charge in [0.25, 0.3) is 5.91 Å². The van der Waals surface area contributed by atoms with Gasteiger partial charge >= 0.3 is 6.09 Å². The SMILES string of the molecule is CC(C)(C)OC(=O)n1nc(NC(=O)c2ccc(CCBr)cc2)c2cc(Cc3cc(F)cc(F)c3)ccc21. The second-order valence-electron chi connectivity index (χ2n) is 9.64. The summed E-state index contributed by atoms with van der Waals surface area (Å²) >= 11 is 3.40. The van der Waals surface area contributed by atoms with Crippen molar-refractivity contribution < 1.29 is 23.1 Å². The minimum atomic E-state index is -0.753. The second-order valence-corrected chi connectivity index (χ2v) is 10.4. The Hall–Kier alpha value is -3.59. The number of aromatic nitrogens is 2. The zero-order chi connectivity index (χ0) is 26.7. The standard InChI is InChI=1S/C28H26BrF2N3O3/c1-28(2,3)37-27(36)34-24-9-6-18(12-19-13-21(30)16-22(31)14-19)15-23(24)25(33-34)32-26(35)20-7-4-17(5-8-20)10-11-29/h4-9,13-16H,10-12H2,1-3H3,(H,32,33,35). The summed E-state index contributed by atoms with van der Waals surface area (Å²) < 4.78 is 34.0. The lowest BCUT2D eigenvalue weighted by atomic mass is 10.0. The number of benzene rings is 3. The summed E-state index contributed by atoms with van der Waals surface area (Å²) in [4.78, 5) is 25.9. The Bertz CT molecular complexity index is 1440. The number of carbonyl (C=O) groups is 2. The van der Waals surface area contributed by atoms with Crippen LogP contribution in [0.5, 0.6) is 0 Å². The van der Waals surface area contributed by atoms with Crippen molar-refractivity contribution >= 4 is 44.7 Å². The summed E-state index contributed by atoms with van der Waals surface area (Å²) in [6.07, 6.45) is 0.382. The molecule has 0 bridgehead atoms. The second kappa shape index (κ2) is 10.8. The normalized spacial score (nSPS) is 11.5. The van der Waals surface area contributed by atoms with Gasteiger partial charge in [0.05, 0.1) is 5.52 Å². The van der Waals surface area contributed by atoms with E-state index in [1.54, 1.807) is 51.1 Å². The highest BCUT2D eigenvalue weighted by Crippen LogP contribution is 2.27. The molecule has 6 nitrogen and oxygen atoms in total. The van der Waals surface area contributed by atoms with E-state index < -0.39 is 29.2 Å². The molecular formula is C28H26BrF2N3O3. The van der Waals surface area contributed by atoms with Gasteiger partial charge in [0.2, 0.25) is 0 Å². The molecule has 192 valence electrons. The summed E-state index contributed by atoms with van der Waals surface area (Å²) in [5.41, 5.74) is 2.36. The van der Waals surface area contributed by atoms with Crippen LogP contribution in [-0.4, -0.2) is 32.7 Å². The molecule has 4 rings (SSSR count). The number of halogens is 3. The minimum Gasteiger partial charge on any atom is -0.442 e. The van der Waals surface area contributed by atoms with Crippen molar-refractivity contribution in [3.63, 3.8) is 0 Å². The molecule has 0 aliphatic rings. The molecule has 0 aliphatic carbocycles. The van der Waals surface area contributed by atoms with Gasteiger partial charge in [-0.25, -0.2) is 13.6 Å². The molecule has 0 aliphatic heterocycles. The van der Waals surface area contributed by atoms with Gasteiger partial charge in [-0.1, -0.05) is 34.1 Å². The number of carbonyl (C=O) groups excluding carboxylic acids is 2. The number of aryl methyl sites for hydroxylation is 1. The Morgan fingerprint density at radius 1 is 0.946 bits per heavy atom. The zero-order valence-electron chi connectivity index (χ0n) is 20.6. The zero-order valence-corrected chi connectivity index (χ0v) is 22.2. The molecule has 37 heavy (non-hydrogen) atoms. The van der Waals surface area contributed by atoms with Crippen LogP contribution in [0.25, 0.3) is 10.9 Å². The smallest absolute Gasteiger partial charge is 0.435 e. The van der Waals surface area contributed by atoms with E-state index in [2.05, 4.69) is 26.3 Å². The number of amides is 1. The fraction of sp³-hybridized carbons (Fsp3) is 0.250. The maximum absolute atomic E-state index is 13.7. The highest BCUT2D eigenvalue weighted by Gasteiger charge is 2.23. The van der Waals surface area contributed by atoms with Crippen LogP contribution in [0.4, 0.5) is 19.4 Å².